The Bertz CT molecular complexity index is 670. The van der Waals surface area contributed by atoms with Crippen LogP contribution in [0, 0.1) is 12.8 Å². The number of hydrogen-bond acceptors (Lipinski definition) is 5. The number of piperidine rings is 1. The Morgan fingerprint density at radius 2 is 1.95 bits per heavy atom. The zero-order valence-electron chi connectivity index (χ0n) is 11.4. The third-order valence-corrected chi connectivity index (χ3v) is 5.56. The molecule has 9 heteroatoms. The standard InChI is InChI=1S/C12H16N2O6S/c1-7-10(6-9(20-7)12(16)17)21(18,19)14-4-2-8(3-5-14)11(13)15/h6,8H,2-5H2,1H3,(H2,13,15)(H,16,17). The van der Waals surface area contributed by atoms with E-state index in [1.807, 2.05) is 0 Å². The Hall–Kier alpha value is -1.87. The highest BCUT2D eigenvalue weighted by Crippen LogP contribution is 2.27. The number of aromatic carboxylic acids is 1. The molecule has 0 bridgehead atoms. The molecule has 0 aromatic carbocycles. The van der Waals surface area contributed by atoms with Gasteiger partial charge in [0.25, 0.3) is 0 Å². The van der Waals surface area contributed by atoms with E-state index in [1.54, 1.807) is 0 Å². The average Bonchev–Trinajstić information content (AvgIpc) is 2.82. The third kappa shape index (κ3) is 2.93. The molecule has 1 aromatic heterocycles. The highest BCUT2D eigenvalue weighted by atomic mass is 32.2. The molecule has 116 valence electrons. The number of aryl methyl sites for hydroxylation is 1. The fourth-order valence-electron chi connectivity index (χ4n) is 2.35. The molecule has 2 rings (SSSR count). The predicted molar refractivity (Wildman–Crippen MR) is 71.1 cm³/mol. The van der Waals surface area contributed by atoms with E-state index in [4.69, 9.17) is 15.3 Å². The molecule has 0 radical (unpaired) electrons. The van der Waals surface area contributed by atoms with Crippen LogP contribution in [-0.2, 0) is 14.8 Å². The number of nitrogens with zero attached hydrogens (tertiary/aromatic N) is 1. The third-order valence-electron chi connectivity index (χ3n) is 3.56. The minimum Gasteiger partial charge on any atom is -0.475 e. The van der Waals surface area contributed by atoms with E-state index >= 15 is 0 Å². The molecule has 0 atom stereocenters. The van der Waals surface area contributed by atoms with Gasteiger partial charge in [0.1, 0.15) is 10.7 Å². The molecular formula is C12H16N2O6S. The topological polar surface area (TPSA) is 131 Å². The van der Waals surface area contributed by atoms with Gasteiger partial charge in [-0.2, -0.15) is 4.31 Å². The van der Waals surface area contributed by atoms with Gasteiger partial charge >= 0.3 is 5.97 Å². The van der Waals surface area contributed by atoms with Crippen LogP contribution in [0.15, 0.2) is 15.4 Å². The molecule has 8 nitrogen and oxygen atoms in total. The number of carboxylic acid groups (broad SMARTS) is 1. The molecule has 2 heterocycles. The number of rotatable bonds is 4. The Labute approximate surface area is 121 Å². The van der Waals surface area contributed by atoms with Crippen molar-refractivity contribution in [3.8, 4) is 0 Å². The van der Waals surface area contributed by atoms with E-state index in [2.05, 4.69) is 0 Å². The van der Waals surface area contributed by atoms with Crippen molar-refractivity contribution >= 4 is 21.9 Å². The van der Waals surface area contributed by atoms with Gasteiger partial charge in [-0.25, -0.2) is 13.2 Å². The number of carbonyl (C=O) groups is 2. The first kappa shape index (κ1) is 15.5. The normalized spacial score (nSPS) is 17.8. The van der Waals surface area contributed by atoms with Gasteiger partial charge < -0.3 is 15.3 Å². The number of primary amides is 1. The minimum absolute atomic E-state index is 0.0319. The second kappa shape index (κ2) is 5.49. The van der Waals surface area contributed by atoms with Crippen LogP contribution in [0.5, 0.6) is 0 Å². The lowest BCUT2D eigenvalue weighted by atomic mass is 9.98. The lowest BCUT2D eigenvalue weighted by Gasteiger charge is -2.29. The summed E-state index contributed by atoms with van der Waals surface area (Å²) in [6, 6.07) is 1.01. The SMILES string of the molecule is Cc1oc(C(=O)O)cc1S(=O)(=O)N1CCC(C(N)=O)CC1. The van der Waals surface area contributed by atoms with Crippen LogP contribution < -0.4 is 5.73 Å². The van der Waals surface area contributed by atoms with E-state index in [-0.39, 0.29) is 29.7 Å². The van der Waals surface area contributed by atoms with Gasteiger partial charge in [0.2, 0.25) is 21.7 Å². The van der Waals surface area contributed by atoms with Crippen molar-refractivity contribution in [2.24, 2.45) is 11.7 Å². The van der Waals surface area contributed by atoms with Gasteiger partial charge in [0.15, 0.2) is 0 Å². The van der Waals surface area contributed by atoms with Crippen LogP contribution in [0.1, 0.15) is 29.2 Å². The molecule has 1 aliphatic rings. The van der Waals surface area contributed by atoms with Gasteiger partial charge in [0.05, 0.1) is 0 Å². The first-order chi connectivity index (χ1) is 9.73. The number of carbonyl (C=O) groups excluding carboxylic acids is 1. The van der Waals surface area contributed by atoms with E-state index in [0.717, 1.165) is 6.07 Å². The fraction of sp³-hybridized carbons (Fsp3) is 0.500. The van der Waals surface area contributed by atoms with E-state index in [0.29, 0.717) is 12.8 Å². The first-order valence-corrected chi connectivity index (χ1v) is 7.80. The molecule has 3 N–H and O–H groups in total. The maximum atomic E-state index is 12.5. The van der Waals surface area contributed by atoms with Crippen LogP contribution in [0.4, 0.5) is 0 Å². The largest absolute Gasteiger partial charge is 0.475 e. The summed E-state index contributed by atoms with van der Waals surface area (Å²) in [5, 5.41) is 8.84. The number of amides is 1. The summed E-state index contributed by atoms with van der Waals surface area (Å²) in [5.74, 6) is -2.47. The Balaban J connectivity index is 2.23. The predicted octanol–water partition coefficient (Wildman–Crippen LogP) is 0.172. The second-order valence-electron chi connectivity index (χ2n) is 4.92. The summed E-state index contributed by atoms with van der Waals surface area (Å²) in [6.07, 6.45) is 0.717. The molecule has 0 spiro atoms. The number of furan rings is 1. The Morgan fingerprint density at radius 1 is 1.38 bits per heavy atom. The van der Waals surface area contributed by atoms with Crippen molar-refractivity contribution in [2.75, 3.05) is 13.1 Å². The van der Waals surface area contributed by atoms with Crippen LogP contribution in [0.3, 0.4) is 0 Å². The summed E-state index contributed by atoms with van der Waals surface area (Å²) in [4.78, 5) is 21.8. The molecular weight excluding hydrogens is 300 g/mol. The maximum absolute atomic E-state index is 12.5. The van der Waals surface area contributed by atoms with Crippen molar-refractivity contribution in [3.05, 3.63) is 17.6 Å². The molecule has 0 unspecified atom stereocenters. The molecule has 1 amide bonds. The Morgan fingerprint density at radius 3 is 2.38 bits per heavy atom. The maximum Gasteiger partial charge on any atom is 0.371 e. The zero-order chi connectivity index (χ0) is 15.8. The van der Waals surface area contributed by atoms with Gasteiger partial charge in [-0.3, -0.25) is 4.79 Å². The van der Waals surface area contributed by atoms with Crippen molar-refractivity contribution < 1.29 is 27.5 Å². The summed E-state index contributed by atoms with van der Waals surface area (Å²) in [6.45, 7) is 1.74. The summed E-state index contributed by atoms with van der Waals surface area (Å²) < 4.78 is 31.1. The molecule has 1 fully saturated rings. The Kier molecular flexibility index (Phi) is 4.06. The van der Waals surface area contributed by atoms with Crippen molar-refractivity contribution in [3.63, 3.8) is 0 Å². The van der Waals surface area contributed by atoms with E-state index < -0.39 is 27.7 Å². The smallest absolute Gasteiger partial charge is 0.371 e. The minimum atomic E-state index is -3.83. The van der Waals surface area contributed by atoms with Gasteiger partial charge in [-0.1, -0.05) is 0 Å². The van der Waals surface area contributed by atoms with Crippen molar-refractivity contribution in [2.45, 2.75) is 24.7 Å². The van der Waals surface area contributed by atoms with Crippen LogP contribution in [0.25, 0.3) is 0 Å². The number of nitrogens with two attached hydrogens (primary N) is 1. The molecule has 1 aliphatic heterocycles. The lowest BCUT2D eigenvalue weighted by molar-refractivity contribution is -0.122. The molecule has 1 saturated heterocycles. The van der Waals surface area contributed by atoms with Crippen LogP contribution in [0.2, 0.25) is 0 Å². The van der Waals surface area contributed by atoms with Gasteiger partial charge in [0, 0.05) is 25.1 Å². The fourth-order valence-corrected chi connectivity index (χ4v) is 3.98. The molecule has 21 heavy (non-hydrogen) atoms. The van der Waals surface area contributed by atoms with Crippen molar-refractivity contribution in [1.82, 2.24) is 4.31 Å². The quantitative estimate of drug-likeness (QED) is 0.814. The summed E-state index contributed by atoms with van der Waals surface area (Å²) in [5.41, 5.74) is 5.21. The molecule has 0 saturated carbocycles. The second-order valence-corrected chi connectivity index (χ2v) is 6.82. The monoisotopic (exact) mass is 316 g/mol. The number of sulfonamides is 1. The van der Waals surface area contributed by atoms with Gasteiger partial charge in [-0.05, 0) is 19.8 Å². The van der Waals surface area contributed by atoms with E-state index in [1.165, 1.54) is 11.2 Å². The first-order valence-electron chi connectivity index (χ1n) is 6.36. The van der Waals surface area contributed by atoms with E-state index in [9.17, 15) is 18.0 Å². The molecule has 1 aromatic rings. The highest BCUT2D eigenvalue weighted by Gasteiger charge is 2.34. The molecule has 0 aliphatic carbocycles. The lowest BCUT2D eigenvalue weighted by Crippen LogP contribution is -2.41. The van der Waals surface area contributed by atoms with Crippen LogP contribution in [-0.4, -0.2) is 42.8 Å². The van der Waals surface area contributed by atoms with Crippen molar-refractivity contribution in [1.29, 1.82) is 0 Å². The number of hydrogen-bond donors (Lipinski definition) is 2. The highest BCUT2D eigenvalue weighted by molar-refractivity contribution is 7.89. The van der Waals surface area contributed by atoms with Crippen LogP contribution >= 0.6 is 0 Å². The average molecular weight is 316 g/mol. The zero-order valence-corrected chi connectivity index (χ0v) is 12.2. The summed E-state index contributed by atoms with van der Waals surface area (Å²) >= 11 is 0. The van der Waals surface area contributed by atoms with Gasteiger partial charge in [-0.15, -0.1) is 0 Å². The number of carboxylic acids is 1. The summed E-state index contributed by atoms with van der Waals surface area (Å²) in [7, 11) is -3.83.